The van der Waals surface area contributed by atoms with Gasteiger partial charge in [-0.05, 0) is 79.4 Å². The second kappa shape index (κ2) is 12.2. The lowest BCUT2D eigenvalue weighted by Gasteiger charge is -2.32. The van der Waals surface area contributed by atoms with Crippen molar-refractivity contribution in [3.63, 3.8) is 0 Å². The maximum atomic E-state index is 15.0. The van der Waals surface area contributed by atoms with Crippen LogP contribution in [0.2, 0.25) is 5.02 Å². The highest BCUT2D eigenvalue weighted by Gasteiger charge is 2.37. The molecule has 0 saturated carbocycles. The van der Waals surface area contributed by atoms with Crippen LogP contribution in [0.15, 0.2) is 78.0 Å². The summed E-state index contributed by atoms with van der Waals surface area (Å²) in [4.78, 5) is 3.30. The zero-order valence-electron chi connectivity index (χ0n) is 21.5. The number of hydrogen-bond donors (Lipinski definition) is 0. The van der Waals surface area contributed by atoms with Gasteiger partial charge in [0.1, 0.15) is 17.5 Å². The number of aromatic nitrogens is 2. The van der Waals surface area contributed by atoms with E-state index >= 15 is 4.39 Å². The van der Waals surface area contributed by atoms with Crippen LogP contribution in [0, 0.1) is 17.5 Å². The van der Waals surface area contributed by atoms with E-state index < -0.39 is 57.6 Å². The highest BCUT2D eigenvalue weighted by atomic mass is 35.5. The van der Waals surface area contributed by atoms with Crippen molar-refractivity contribution in [2.75, 3.05) is 11.0 Å². The molecule has 0 saturated heterocycles. The lowest BCUT2D eigenvalue weighted by molar-refractivity contribution is -0.0395. The Morgan fingerprint density at radius 2 is 1.66 bits per heavy atom. The van der Waals surface area contributed by atoms with E-state index in [4.69, 9.17) is 11.6 Å². The molecule has 0 N–H and O–H groups in total. The predicted octanol–water partition coefficient (Wildman–Crippen LogP) is 7.60. The van der Waals surface area contributed by atoms with Gasteiger partial charge in [-0.2, -0.15) is 8.78 Å². The van der Waals surface area contributed by atoms with Crippen LogP contribution in [0.4, 0.5) is 32.0 Å². The molecular weight excluding hydrogens is 592 g/mol. The normalized spacial score (nSPS) is 12.9. The summed E-state index contributed by atoms with van der Waals surface area (Å²) in [5, 5.41) is 0.256. The molecule has 3 aromatic carbocycles. The average Bonchev–Trinajstić information content (AvgIpc) is 3.40. The molecular formula is C28H24ClF6N3O2S. The molecule has 0 bridgehead atoms. The summed E-state index contributed by atoms with van der Waals surface area (Å²) in [5.74, 6) is -7.08. The van der Waals surface area contributed by atoms with E-state index in [1.54, 1.807) is 0 Å². The fourth-order valence-electron chi connectivity index (χ4n) is 4.56. The van der Waals surface area contributed by atoms with Crippen molar-refractivity contribution >= 4 is 27.3 Å². The summed E-state index contributed by atoms with van der Waals surface area (Å²) in [6.07, 6.45) is 2.62. The van der Waals surface area contributed by atoms with Crippen LogP contribution in [-0.4, -0.2) is 24.6 Å². The zero-order valence-corrected chi connectivity index (χ0v) is 23.1. The van der Waals surface area contributed by atoms with Crippen LogP contribution in [0.1, 0.15) is 36.3 Å². The van der Waals surface area contributed by atoms with E-state index in [1.165, 1.54) is 43.5 Å². The van der Waals surface area contributed by atoms with Gasteiger partial charge >= 0.3 is 5.92 Å². The molecule has 218 valence electrons. The third-order valence-corrected chi connectivity index (χ3v) is 8.63. The molecule has 41 heavy (non-hydrogen) atoms. The van der Waals surface area contributed by atoms with Crippen molar-refractivity contribution in [1.29, 1.82) is 0 Å². The Balaban J connectivity index is 1.73. The summed E-state index contributed by atoms with van der Waals surface area (Å²) in [6.45, 7) is -0.519. The van der Waals surface area contributed by atoms with Crippen molar-refractivity contribution in [2.24, 2.45) is 0 Å². The Kier molecular flexibility index (Phi) is 9.03. The molecule has 4 rings (SSSR count). The van der Waals surface area contributed by atoms with Crippen LogP contribution in [0.3, 0.4) is 0 Å². The molecule has 0 spiro atoms. The minimum atomic E-state index is -4.52. The molecule has 1 aromatic heterocycles. The molecule has 0 amide bonds. The van der Waals surface area contributed by atoms with E-state index in [1.807, 2.05) is 0 Å². The summed E-state index contributed by atoms with van der Waals surface area (Å²) >= 11 is 5.91. The fraction of sp³-hybridized carbons (Fsp3) is 0.250. The van der Waals surface area contributed by atoms with Crippen LogP contribution in [-0.2, 0) is 28.9 Å². The van der Waals surface area contributed by atoms with E-state index in [-0.39, 0.29) is 34.9 Å². The number of rotatable bonds is 11. The lowest BCUT2D eigenvalue weighted by Crippen LogP contribution is -2.35. The standard InChI is InChI=1S/C28H24ClF6N3O2S/c1-18(38(26-16-22(32)7-11-25(26)33)41(39,40)23-8-4-20(29)5-9-23)24-10-6-21(31)15-19(24)3-2-13-37-14-12-36-27(37)28(34,35)17-30/h4-12,14-16,18H,2-3,13,17H2,1H3/t18-/m1/s1. The van der Waals surface area contributed by atoms with Crippen LogP contribution in [0.5, 0.6) is 0 Å². The Morgan fingerprint density at radius 1 is 1.00 bits per heavy atom. The topological polar surface area (TPSA) is 55.2 Å². The van der Waals surface area contributed by atoms with Crippen LogP contribution < -0.4 is 4.31 Å². The number of halogens is 7. The molecule has 0 radical (unpaired) electrons. The molecule has 1 atom stereocenters. The first kappa shape index (κ1) is 30.4. The number of nitrogens with zero attached hydrogens (tertiary/aromatic N) is 3. The van der Waals surface area contributed by atoms with Gasteiger partial charge < -0.3 is 4.57 Å². The van der Waals surface area contributed by atoms with E-state index in [9.17, 15) is 30.4 Å². The van der Waals surface area contributed by atoms with Gasteiger partial charge in [0.25, 0.3) is 10.0 Å². The highest BCUT2D eigenvalue weighted by Crippen LogP contribution is 2.37. The molecule has 0 aliphatic rings. The van der Waals surface area contributed by atoms with Gasteiger partial charge in [0.05, 0.1) is 16.6 Å². The number of imidazole rings is 1. The Hall–Kier alpha value is -3.51. The molecule has 4 aromatic rings. The average molecular weight is 616 g/mol. The molecule has 0 unspecified atom stereocenters. The first-order valence-electron chi connectivity index (χ1n) is 12.3. The van der Waals surface area contributed by atoms with Gasteiger partial charge in [-0.1, -0.05) is 17.7 Å². The monoisotopic (exact) mass is 615 g/mol. The van der Waals surface area contributed by atoms with Gasteiger partial charge in [0.2, 0.25) is 0 Å². The number of aryl methyl sites for hydroxylation is 2. The van der Waals surface area contributed by atoms with Crippen molar-refractivity contribution in [2.45, 2.75) is 43.2 Å². The third-order valence-electron chi connectivity index (χ3n) is 6.48. The largest absolute Gasteiger partial charge is 0.332 e. The van der Waals surface area contributed by atoms with Crippen molar-refractivity contribution in [3.8, 4) is 0 Å². The quantitative estimate of drug-likeness (QED) is 0.163. The Labute approximate surface area is 238 Å². The number of hydrogen-bond acceptors (Lipinski definition) is 3. The third kappa shape index (κ3) is 6.54. The zero-order chi connectivity index (χ0) is 29.9. The molecule has 0 fully saturated rings. The smallest absolute Gasteiger partial charge is 0.330 e. The second-order valence-corrected chi connectivity index (χ2v) is 11.5. The van der Waals surface area contributed by atoms with Gasteiger partial charge in [0.15, 0.2) is 12.5 Å². The minimum absolute atomic E-state index is 0.0272. The van der Waals surface area contributed by atoms with Crippen LogP contribution in [0.25, 0.3) is 0 Å². The Bertz CT molecular complexity index is 1630. The molecule has 13 heteroatoms. The number of anilines is 1. The summed E-state index contributed by atoms with van der Waals surface area (Å²) < 4.78 is 114. The molecule has 1 heterocycles. The predicted molar refractivity (Wildman–Crippen MR) is 143 cm³/mol. The van der Waals surface area contributed by atoms with E-state index in [0.29, 0.717) is 9.87 Å². The molecule has 5 nitrogen and oxygen atoms in total. The molecule has 0 aliphatic heterocycles. The lowest BCUT2D eigenvalue weighted by atomic mass is 9.97. The van der Waals surface area contributed by atoms with Gasteiger partial charge in [0, 0.05) is 30.0 Å². The summed E-state index contributed by atoms with van der Waals surface area (Å²) in [6, 6.07) is 9.89. The Morgan fingerprint density at radius 3 is 2.34 bits per heavy atom. The maximum Gasteiger partial charge on any atom is 0.332 e. The maximum absolute atomic E-state index is 15.0. The van der Waals surface area contributed by atoms with Crippen molar-refractivity contribution < 1.29 is 34.8 Å². The minimum Gasteiger partial charge on any atom is -0.330 e. The van der Waals surface area contributed by atoms with Gasteiger partial charge in [-0.3, -0.25) is 4.31 Å². The van der Waals surface area contributed by atoms with E-state index in [0.717, 1.165) is 41.1 Å². The first-order chi connectivity index (χ1) is 19.3. The summed E-state index contributed by atoms with van der Waals surface area (Å²) in [5.41, 5.74) is 0.0105. The summed E-state index contributed by atoms with van der Waals surface area (Å²) in [7, 11) is -4.52. The number of benzene rings is 3. The first-order valence-corrected chi connectivity index (χ1v) is 14.2. The number of sulfonamides is 1. The highest BCUT2D eigenvalue weighted by molar-refractivity contribution is 7.92. The van der Waals surface area contributed by atoms with Gasteiger partial charge in [-0.25, -0.2) is 31.0 Å². The fourth-order valence-corrected chi connectivity index (χ4v) is 6.32. The van der Waals surface area contributed by atoms with Crippen molar-refractivity contribution in [3.05, 3.63) is 112 Å². The van der Waals surface area contributed by atoms with Crippen molar-refractivity contribution in [1.82, 2.24) is 9.55 Å². The SMILES string of the molecule is C[C@H](c1ccc(F)cc1CCCn1ccnc1C(F)(F)CF)N(c1cc(F)ccc1F)S(=O)(=O)c1ccc(Cl)cc1. The van der Waals surface area contributed by atoms with E-state index in [2.05, 4.69) is 4.98 Å². The number of alkyl halides is 3. The van der Waals surface area contributed by atoms with Crippen LogP contribution >= 0.6 is 11.6 Å². The van der Waals surface area contributed by atoms with Gasteiger partial charge in [-0.15, -0.1) is 0 Å². The second-order valence-electron chi connectivity index (χ2n) is 9.26. The molecule has 0 aliphatic carbocycles.